The molecule has 6 nitrogen and oxygen atoms in total. The van der Waals surface area contributed by atoms with Crippen LogP contribution in [0.2, 0.25) is 0 Å². The zero-order chi connectivity index (χ0) is 14.7. The maximum Gasteiger partial charge on any atom is 0.210 e. The fourth-order valence-electron chi connectivity index (χ4n) is 1.99. The van der Waals surface area contributed by atoms with Gasteiger partial charge in [-0.15, -0.1) is 21.5 Å². The molecule has 3 aromatic heterocycles. The van der Waals surface area contributed by atoms with Crippen LogP contribution in [0.3, 0.4) is 0 Å². The monoisotopic (exact) mass is 320 g/mol. The summed E-state index contributed by atoms with van der Waals surface area (Å²) in [5.74, 6) is 7.73. The van der Waals surface area contributed by atoms with Gasteiger partial charge in [0.05, 0.1) is 11.1 Å². The van der Waals surface area contributed by atoms with Crippen LogP contribution < -0.4 is 5.84 Å². The number of nitrogens with two attached hydrogens (primary N) is 1. The Labute approximate surface area is 131 Å². The van der Waals surface area contributed by atoms with Crippen LogP contribution in [0.4, 0.5) is 0 Å². The Kier molecular flexibility index (Phi) is 4.26. The summed E-state index contributed by atoms with van der Waals surface area (Å²) in [4.78, 5) is 1.03. The van der Waals surface area contributed by atoms with Crippen molar-refractivity contribution in [3.05, 3.63) is 35.5 Å². The SMILES string of the molecule is Cn1cc(CCCSc2nnc(-c3cccs3)n2N)cn1. The second-order valence-corrected chi connectivity index (χ2v) is 6.64. The van der Waals surface area contributed by atoms with E-state index in [0.717, 1.165) is 34.5 Å². The largest absolute Gasteiger partial charge is 0.335 e. The van der Waals surface area contributed by atoms with Crippen LogP contribution in [0.5, 0.6) is 0 Å². The van der Waals surface area contributed by atoms with E-state index in [1.54, 1.807) is 27.8 Å². The highest BCUT2D eigenvalue weighted by molar-refractivity contribution is 7.99. The predicted octanol–water partition coefficient (Wildman–Crippen LogP) is 2.18. The minimum Gasteiger partial charge on any atom is -0.335 e. The molecule has 3 rings (SSSR count). The number of thioether (sulfide) groups is 1. The molecule has 0 unspecified atom stereocenters. The average molecular weight is 320 g/mol. The number of hydrogen-bond donors (Lipinski definition) is 1. The lowest BCUT2D eigenvalue weighted by Gasteiger charge is -2.02. The Morgan fingerprint density at radius 1 is 1.38 bits per heavy atom. The first-order valence-electron chi connectivity index (χ1n) is 6.59. The van der Waals surface area contributed by atoms with E-state index in [1.165, 1.54) is 5.56 Å². The molecule has 0 bridgehead atoms. The summed E-state index contributed by atoms with van der Waals surface area (Å²) >= 11 is 3.24. The highest BCUT2D eigenvalue weighted by Crippen LogP contribution is 2.25. The molecule has 0 saturated carbocycles. The van der Waals surface area contributed by atoms with E-state index in [-0.39, 0.29) is 0 Å². The summed E-state index contributed by atoms with van der Waals surface area (Å²) in [6.45, 7) is 0. The lowest BCUT2D eigenvalue weighted by Crippen LogP contribution is -2.11. The van der Waals surface area contributed by atoms with E-state index in [0.29, 0.717) is 0 Å². The minimum absolute atomic E-state index is 0.722. The molecule has 0 aromatic carbocycles. The molecule has 3 heterocycles. The molecule has 0 aliphatic rings. The van der Waals surface area contributed by atoms with Crippen LogP contribution in [-0.2, 0) is 13.5 Å². The van der Waals surface area contributed by atoms with Crippen molar-refractivity contribution in [2.24, 2.45) is 7.05 Å². The van der Waals surface area contributed by atoms with Gasteiger partial charge in [0, 0.05) is 19.0 Å². The molecule has 110 valence electrons. The Bertz CT molecular complexity index is 700. The Balaban J connectivity index is 1.54. The number of rotatable bonds is 6. The second-order valence-electron chi connectivity index (χ2n) is 4.63. The highest BCUT2D eigenvalue weighted by Gasteiger charge is 2.12. The normalized spacial score (nSPS) is 11.1. The van der Waals surface area contributed by atoms with Crippen LogP contribution in [0.15, 0.2) is 35.1 Å². The standard InChI is InChI=1S/C13H16N6S2/c1-18-9-10(8-15-18)4-2-7-21-13-17-16-12(19(13)14)11-5-3-6-20-11/h3,5-6,8-9H,2,4,7,14H2,1H3. The molecule has 0 amide bonds. The molecule has 0 saturated heterocycles. The molecule has 0 atom stereocenters. The van der Waals surface area contributed by atoms with Crippen molar-refractivity contribution in [1.29, 1.82) is 0 Å². The maximum atomic E-state index is 6.06. The summed E-state index contributed by atoms with van der Waals surface area (Å²) in [5, 5.41) is 15.2. The van der Waals surface area contributed by atoms with Crippen LogP contribution in [0.1, 0.15) is 12.0 Å². The van der Waals surface area contributed by atoms with Crippen molar-refractivity contribution in [3.8, 4) is 10.7 Å². The van der Waals surface area contributed by atoms with E-state index in [2.05, 4.69) is 15.3 Å². The number of nitrogens with zero attached hydrogens (tertiary/aromatic N) is 5. The fraction of sp³-hybridized carbons (Fsp3) is 0.308. The van der Waals surface area contributed by atoms with Gasteiger partial charge in [-0.1, -0.05) is 17.8 Å². The molecular formula is C13H16N6S2. The Morgan fingerprint density at radius 2 is 2.29 bits per heavy atom. The summed E-state index contributed by atoms with van der Waals surface area (Å²) in [6, 6.07) is 3.98. The van der Waals surface area contributed by atoms with Gasteiger partial charge in [0.2, 0.25) is 5.16 Å². The minimum atomic E-state index is 0.722. The van der Waals surface area contributed by atoms with Gasteiger partial charge in [-0.3, -0.25) is 4.68 Å². The quantitative estimate of drug-likeness (QED) is 0.428. The molecule has 8 heteroatoms. The van der Waals surface area contributed by atoms with Gasteiger partial charge in [-0.05, 0) is 29.9 Å². The van der Waals surface area contributed by atoms with Gasteiger partial charge >= 0.3 is 0 Å². The first kappa shape index (κ1) is 14.2. The van der Waals surface area contributed by atoms with E-state index < -0.39 is 0 Å². The third kappa shape index (κ3) is 3.27. The molecular weight excluding hydrogens is 304 g/mol. The smallest absolute Gasteiger partial charge is 0.210 e. The number of aryl methyl sites for hydroxylation is 2. The first-order valence-corrected chi connectivity index (χ1v) is 8.45. The zero-order valence-corrected chi connectivity index (χ0v) is 13.3. The Morgan fingerprint density at radius 3 is 3.00 bits per heavy atom. The molecule has 2 N–H and O–H groups in total. The van der Waals surface area contributed by atoms with Crippen molar-refractivity contribution >= 4 is 23.1 Å². The van der Waals surface area contributed by atoms with E-state index >= 15 is 0 Å². The first-order chi connectivity index (χ1) is 10.2. The van der Waals surface area contributed by atoms with Crippen molar-refractivity contribution < 1.29 is 0 Å². The van der Waals surface area contributed by atoms with Gasteiger partial charge in [-0.2, -0.15) is 5.10 Å². The van der Waals surface area contributed by atoms with Gasteiger partial charge < -0.3 is 5.84 Å². The van der Waals surface area contributed by atoms with E-state index in [4.69, 9.17) is 5.84 Å². The Hall–Kier alpha value is -1.80. The van der Waals surface area contributed by atoms with Gasteiger partial charge in [0.1, 0.15) is 0 Å². The lowest BCUT2D eigenvalue weighted by molar-refractivity contribution is 0.766. The van der Waals surface area contributed by atoms with Crippen molar-refractivity contribution in [2.45, 2.75) is 18.0 Å². The third-order valence-electron chi connectivity index (χ3n) is 3.01. The van der Waals surface area contributed by atoms with Crippen LogP contribution in [0, 0.1) is 0 Å². The number of hydrogen-bond acceptors (Lipinski definition) is 6. The molecule has 0 aliphatic heterocycles. The zero-order valence-electron chi connectivity index (χ0n) is 11.6. The predicted molar refractivity (Wildman–Crippen MR) is 85.7 cm³/mol. The van der Waals surface area contributed by atoms with Crippen LogP contribution >= 0.6 is 23.1 Å². The summed E-state index contributed by atoms with van der Waals surface area (Å²) in [6.07, 6.45) is 6.02. The summed E-state index contributed by atoms with van der Waals surface area (Å²) in [5.41, 5.74) is 1.26. The molecule has 0 spiro atoms. The van der Waals surface area contributed by atoms with Crippen LogP contribution in [-0.4, -0.2) is 30.4 Å². The van der Waals surface area contributed by atoms with Crippen molar-refractivity contribution in [1.82, 2.24) is 24.7 Å². The fourth-order valence-corrected chi connectivity index (χ4v) is 3.49. The molecule has 0 radical (unpaired) electrons. The van der Waals surface area contributed by atoms with Gasteiger partial charge in [-0.25, -0.2) is 4.68 Å². The summed E-state index contributed by atoms with van der Waals surface area (Å²) in [7, 11) is 1.93. The highest BCUT2D eigenvalue weighted by atomic mass is 32.2. The second kappa shape index (κ2) is 6.31. The van der Waals surface area contributed by atoms with Gasteiger partial charge in [0.25, 0.3) is 0 Å². The lowest BCUT2D eigenvalue weighted by atomic mass is 10.2. The number of thiophene rings is 1. The number of aromatic nitrogens is 5. The maximum absolute atomic E-state index is 6.06. The third-order valence-corrected chi connectivity index (χ3v) is 4.90. The molecule has 0 aliphatic carbocycles. The van der Waals surface area contributed by atoms with Crippen molar-refractivity contribution in [3.63, 3.8) is 0 Å². The van der Waals surface area contributed by atoms with E-state index in [9.17, 15) is 0 Å². The topological polar surface area (TPSA) is 74.5 Å². The number of nitrogen functional groups attached to an aromatic ring is 1. The van der Waals surface area contributed by atoms with E-state index in [1.807, 2.05) is 41.6 Å². The average Bonchev–Trinajstić information content (AvgIpc) is 3.17. The molecule has 3 aromatic rings. The molecule has 21 heavy (non-hydrogen) atoms. The van der Waals surface area contributed by atoms with Crippen molar-refractivity contribution in [2.75, 3.05) is 11.6 Å². The molecule has 0 fully saturated rings. The summed E-state index contributed by atoms with van der Waals surface area (Å²) < 4.78 is 3.40. The van der Waals surface area contributed by atoms with Crippen LogP contribution in [0.25, 0.3) is 10.7 Å². The van der Waals surface area contributed by atoms with Gasteiger partial charge in [0.15, 0.2) is 5.82 Å².